The van der Waals surface area contributed by atoms with Crippen LogP contribution in [-0.4, -0.2) is 18.1 Å². The molecule has 0 aliphatic carbocycles. The maximum Gasteiger partial charge on any atom is 0.243 e. The van der Waals surface area contributed by atoms with E-state index in [1.165, 1.54) is 43.2 Å². The van der Waals surface area contributed by atoms with Crippen molar-refractivity contribution in [1.29, 1.82) is 0 Å². The minimum Gasteiger partial charge on any atom is -0.460 e. The molecular weight excluding hydrogens is 366 g/mol. The van der Waals surface area contributed by atoms with Crippen LogP contribution < -0.4 is 10.3 Å². The number of nitrogen functional groups attached to an aromatic ring is 1. The first-order chi connectivity index (χ1) is 12.8. The summed E-state index contributed by atoms with van der Waals surface area (Å²) >= 11 is 0. The number of unbranched alkanes of at least 4 members (excludes halogenated alkanes) is 1. The molecule has 0 saturated heterocycles. The van der Waals surface area contributed by atoms with Crippen molar-refractivity contribution >= 4 is 21.5 Å². The molecule has 0 fully saturated rings. The number of aryl methyl sites for hydroxylation is 3. The molecule has 0 amide bonds. The van der Waals surface area contributed by atoms with Crippen LogP contribution in [0.2, 0.25) is 0 Å². The van der Waals surface area contributed by atoms with Gasteiger partial charge in [-0.3, -0.25) is 5.16 Å². The summed E-state index contributed by atoms with van der Waals surface area (Å²) in [6, 6.07) is 7.21. The number of imidazole rings is 1. The van der Waals surface area contributed by atoms with Crippen molar-refractivity contribution in [3.05, 3.63) is 59.5 Å². The highest BCUT2D eigenvalue weighted by molar-refractivity contribution is 7.94. The van der Waals surface area contributed by atoms with Gasteiger partial charge in [-0.05, 0) is 49.5 Å². The van der Waals surface area contributed by atoms with Gasteiger partial charge in [-0.15, -0.1) is 0 Å². The van der Waals surface area contributed by atoms with E-state index < -0.39 is 10.0 Å². The Morgan fingerprint density at radius 2 is 2.00 bits per heavy atom. The Hall–Kier alpha value is -2.81. The van der Waals surface area contributed by atoms with Gasteiger partial charge in [-0.2, -0.15) is 0 Å². The second-order valence-electron chi connectivity index (χ2n) is 6.10. The van der Waals surface area contributed by atoms with E-state index in [4.69, 9.17) is 10.3 Å². The lowest BCUT2D eigenvalue weighted by atomic mass is 10.3. The smallest absolute Gasteiger partial charge is 0.243 e. The minimum absolute atomic E-state index is 0.0272. The second-order valence-corrected chi connectivity index (χ2v) is 7.71. The molecule has 2 aromatic heterocycles. The fraction of sp³-hybridized carbons (Fsp3) is 0.333. The van der Waals surface area contributed by atoms with Gasteiger partial charge in [0.2, 0.25) is 16.4 Å². The molecule has 0 aliphatic rings. The summed E-state index contributed by atoms with van der Waals surface area (Å²) in [5.74, 6) is 0.524. The number of anilines is 1. The summed E-state index contributed by atoms with van der Waals surface area (Å²) in [6.45, 7) is 5.02. The van der Waals surface area contributed by atoms with E-state index in [1.807, 2.05) is 7.05 Å². The summed E-state index contributed by atoms with van der Waals surface area (Å²) in [5.41, 5.74) is 5.96. The second kappa shape index (κ2) is 9.22. The predicted molar refractivity (Wildman–Crippen MR) is 103 cm³/mol. The Labute approximate surface area is 159 Å². The lowest BCUT2D eigenvalue weighted by molar-refractivity contribution is -0.671. The molecular formula is C18H25N5O3S. The van der Waals surface area contributed by atoms with Crippen molar-refractivity contribution in [2.45, 2.75) is 38.1 Å². The van der Waals surface area contributed by atoms with Gasteiger partial charge in [-0.1, -0.05) is 13.3 Å². The van der Waals surface area contributed by atoms with Crippen molar-refractivity contribution in [3.63, 3.8) is 0 Å². The number of hydrogen-bond donors (Lipinski definition) is 1. The zero-order chi connectivity index (χ0) is 19.9. The number of benzene rings is 1. The standard InChI is InChI=1S/C10H10N3O3S.C8H15N2/c1-7-6-10(12-16-7)13-17(14,15)9-4-2-8(11)3-5-9;1-3-4-5-10-7-6-9(2)8-10/h2-6H,11H2,1H3;6-8H,3-5H2,1-2H3/q-1;+1. The zero-order valence-electron chi connectivity index (χ0n) is 15.7. The maximum atomic E-state index is 11.8. The van der Waals surface area contributed by atoms with Crippen molar-refractivity contribution in [2.75, 3.05) is 5.73 Å². The van der Waals surface area contributed by atoms with Crippen LogP contribution in [0, 0.1) is 6.92 Å². The lowest BCUT2D eigenvalue weighted by Gasteiger charge is -2.11. The SMILES string of the molecule is CCCCn1cc[n+](C)c1.Cc1cc([N-]S(=O)(=O)c2ccc(N)cc2)no1. The Bertz CT molecular complexity index is 946. The molecule has 0 bridgehead atoms. The van der Waals surface area contributed by atoms with E-state index in [9.17, 15) is 8.42 Å². The van der Waals surface area contributed by atoms with Crippen LogP contribution in [0.5, 0.6) is 0 Å². The highest BCUT2D eigenvalue weighted by Crippen LogP contribution is 2.27. The van der Waals surface area contributed by atoms with Gasteiger partial charge in [-0.25, -0.2) is 17.6 Å². The first-order valence-electron chi connectivity index (χ1n) is 8.58. The van der Waals surface area contributed by atoms with Crippen molar-refractivity contribution in [3.8, 4) is 0 Å². The molecule has 0 unspecified atom stereocenters. The molecule has 0 spiro atoms. The molecule has 0 atom stereocenters. The molecule has 27 heavy (non-hydrogen) atoms. The topological polar surface area (TPSA) is 109 Å². The molecule has 2 N–H and O–H groups in total. The summed E-state index contributed by atoms with van der Waals surface area (Å²) in [4.78, 5) is 0.0624. The van der Waals surface area contributed by atoms with E-state index in [-0.39, 0.29) is 10.7 Å². The van der Waals surface area contributed by atoms with Crippen LogP contribution in [0.3, 0.4) is 0 Å². The number of aromatic nitrogens is 3. The van der Waals surface area contributed by atoms with Crippen LogP contribution in [0.25, 0.3) is 4.72 Å². The van der Waals surface area contributed by atoms with Crippen LogP contribution in [0.4, 0.5) is 11.5 Å². The van der Waals surface area contributed by atoms with E-state index in [0.29, 0.717) is 11.4 Å². The first-order valence-corrected chi connectivity index (χ1v) is 10.0. The monoisotopic (exact) mass is 391 g/mol. The van der Waals surface area contributed by atoms with E-state index >= 15 is 0 Å². The maximum absolute atomic E-state index is 11.8. The third-order valence-electron chi connectivity index (χ3n) is 3.60. The minimum atomic E-state index is -3.77. The molecule has 2 heterocycles. The molecule has 0 saturated carbocycles. The average molecular weight is 391 g/mol. The summed E-state index contributed by atoms with van der Waals surface area (Å²) in [5, 5.41) is 3.50. The van der Waals surface area contributed by atoms with Crippen LogP contribution in [0.15, 0.2) is 58.5 Å². The number of nitrogens with two attached hydrogens (primary N) is 1. The highest BCUT2D eigenvalue weighted by Gasteiger charge is 2.09. The van der Waals surface area contributed by atoms with Crippen LogP contribution in [-0.2, 0) is 23.6 Å². The van der Waals surface area contributed by atoms with Crippen LogP contribution >= 0.6 is 0 Å². The first kappa shape index (κ1) is 20.5. The lowest BCUT2D eigenvalue weighted by Crippen LogP contribution is -2.23. The van der Waals surface area contributed by atoms with Crippen molar-refractivity contribution in [2.24, 2.45) is 7.05 Å². The van der Waals surface area contributed by atoms with Crippen molar-refractivity contribution in [1.82, 2.24) is 9.72 Å². The van der Waals surface area contributed by atoms with Crippen LogP contribution in [0.1, 0.15) is 25.5 Å². The zero-order valence-corrected chi connectivity index (χ0v) is 16.6. The fourth-order valence-electron chi connectivity index (χ4n) is 2.19. The molecule has 1 aromatic carbocycles. The highest BCUT2D eigenvalue weighted by atomic mass is 32.2. The van der Waals surface area contributed by atoms with Gasteiger partial charge in [0.15, 0.2) is 0 Å². The largest absolute Gasteiger partial charge is 0.460 e. The molecule has 3 rings (SSSR count). The molecule has 3 aromatic rings. The van der Waals surface area contributed by atoms with Gasteiger partial charge in [0.05, 0.1) is 18.5 Å². The predicted octanol–water partition coefficient (Wildman–Crippen LogP) is 3.07. The van der Waals surface area contributed by atoms with E-state index in [0.717, 1.165) is 6.54 Å². The van der Waals surface area contributed by atoms with Crippen molar-refractivity contribution < 1.29 is 17.5 Å². The molecule has 0 aliphatic heterocycles. The number of nitrogens with zero attached hydrogens (tertiary/aromatic N) is 4. The van der Waals surface area contributed by atoms with E-state index in [1.54, 1.807) is 6.92 Å². The molecule has 146 valence electrons. The molecule has 8 nitrogen and oxygen atoms in total. The van der Waals surface area contributed by atoms with Gasteiger partial charge < -0.3 is 15.0 Å². The van der Waals surface area contributed by atoms with Gasteiger partial charge in [0.1, 0.15) is 18.2 Å². The van der Waals surface area contributed by atoms with Gasteiger partial charge in [0.25, 0.3) is 0 Å². The summed E-state index contributed by atoms with van der Waals surface area (Å²) in [7, 11) is -1.73. The van der Waals surface area contributed by atoms with E-state index in [2.05, 4.69) is 44.7 Å². The third-order valence-corrected chi connectivity index (χ3v) is 4.90. The Morgan fingerprint density at radius 3 is 2.52 bits per heavy atom. The number of rotatable bonds is 6. The molecule has 9 heteroatoms. The Morgan fingerprint density at radius 1 is 1.30 bits per heavy atom. The Balaban J connectivity index is 0.000000223. The van der Waals surface area contributed by atoms with Gasteiger partial charge in [0, 0.05) is 5.69 Å². The summed E-state index contributed by atoms with van der Waals surface area (Å²) in [6.07, 6.45) is 8.82. The fourth-order valence-corrected chi connectivity index (χ4v) is 3.10. The third kappa shape index (κ3) is 6.45. The molecule has 0 radical (unpaired) electrons. The summed E-state index contributed by atoms with van der Waals surface area (Å²) < 4.78 is 36.2. The number of hydrogen-bond acceptors (Lipinski definition) is 5. The van der Waals surface area contributed by atoms with Gasteiger partial charge >= 0.3 is 0 Å². The Kier molecular flexibility index (Phi) is 7.00. The number of sulfonamides is 1. The quantitative estimate of drug-likeness (QED) is 0.513. The average Bonchev–Trinajstić information content (AvgIpc) is 3.21. The normalized spacial score (nSPS) is 10.9.